The molecule has 0 saturated carbocycles. The van der Waals surface area contributed by atoms with Crippen LogP contribution in [-0.4, -0.2) is 44.9 Å². The molecule has 0 radical (unpaired) electrons. The molecule has 1 fully saturated rings. The van der Waals surface area contributed by atoms with Crippen LogP contribution in [0.3, 0.4) is 0 Å². The molecule has 10 heteroatoms. The van der Waals surface area contributed by atoms with Gasteiger partial charge < -0.3 is 0 Å². The van der Waals surface area contributed by atoms with Crippen LogP contribution in [0.4, 0.5) is 0 Å². The second-order valence-electron chi connectivity index (χ2n) is 3.82. The van der Waals surface area contributed by atoms with E-state index >= 15 is 0 Å². The van der Waals surface area contributed by atoms with Gasteiger partial charge in [-0.1, -0.05) is 0 Å². The van der Waals surface area contributed by atoms with Gasteiger partial charge >= 0.3 is 0 Å². The maximum Gasteiger partial charge on any atom is 0.0964 e. The van der Waals surface area contributed by atoms with Gasteiger partial charge in [-0.2, -0.15) is 37.9 Å². The van der Waals surface area contributed by atoms with Gasteiger partial charge in [-0.05, 0) is 24.3 Å². The van der Waals surface area contributed by atoms with E-state index in [-0.39, 0.29) is 0 Å². The van der Waals surface area contributed by atoms with E-state index in [1.54, 1.807) is 0 Å². The summed E-state index contributed by atoms with van der Waals surface area (Å²) in [5, 5.41) is 3.87. The van der Waals surface area contributed by atoms with Crippen LogP contribution in [-0.2, 0) is 0 Å². The number of rotatable bonds is 12. The van der Waals surface area contributed by atoms with E-state index in [0.29, 0.717) is 9.16 Å². The zero-order valence-electron chi connectivity index (χ0n) is 11.6. The Bertz CT molecular complexity index is 229. The molecule has 1 atom stereocenters. The Balaban J connectivity index is 2.26. The van der Waals surface area contributed by atoms with E-state index in [2.05, 4.69) is 84.9 Å². The summed E-state index contributed by atoms with van der Waals surface area (Å²) in [5.74, 6) is 2.67. The SMILES string of the molecule is SCSC(CC(SCS)SCSC1SCCCS1)SCS. The maximum atomic E-state index is 4.40. The number of thiol groups is 3. The van der Waals surface area contributed by atoms with Gasteiger partial charge in [0.1, 0.15) is 0 Å². The van der Waals surface area contributed by atoms with E-state index in [1.807, 2.05) is 35.3 Å². The van der Waals surface area contributed by atoms with Gasteiger partial charge in [0, 0.05) is 20.3 Å². The maximum absolute atomic E-state index is 4.40. The van der Waals surface area contributed by atoms with Gasteiger partial charge in [0.2, 0.25) is 0 Å². The predicted octanol–water partition coefficient (Wildman–Crippen LogP) is 6.47. The van der Waals surface area contributed by atoms with Crippen LogP contribution in [0, 0.1) is 0 Å². The first-order valence-corrected chi connectivity index (χ1v) is 15.7. The van der Waals surface area contributed by atoms with Crippen molar-refractivity contribution in [2.24, 2.45) is 0 Å². The van der Waals surface area contributed by atoms with Crippen molar-refractivity contribution in [3.05, 3.63) is 0 Å². The Morgan fingerprint density at radius 3 is 1.90 bits per heavy atom. The first-order valence-electron chi connectivity index (χ1n) is 6.44. The third-order valence-corrected chi connectivity index (χ3v) is 13.5. The highest BCUT2D eigenvalue weighted by Gasteiger charge is 2.19. The van der Waals surface area contributed by atoms with Gasteiger partial charge in [0.15, 0.2) is 0 Å². The highest BCUT2D eigenvalue weighted by Crippen LogP contribution is 2.43. The Kier molecular flexibility index (Phi) is 16.9. The third kappa shape index (κ3) is 11.7. The van der Waals surface area contributed by atoms with Crippen molar-refractivity contribution in [1.82, 2.24) is 0 Å². The molecule has 1 aliphatic heterocycles. The molecule has 0 bridgehead atoms. The quantitative estimate of drug-likeness (QED) is 0.216. The van der Waals surface area contributed by atoms with E-state index in [1.165, 1.54) is 29.4 Å². The minimum atomic E-state index is 0.605. The van der Waals surface area contributed by atoms with Gasteiger partial charge in [0.25, 0.3) is 0 Å². The molecule has 0 aliphatic carbocycles. The summed E-state index contributed by atoms with van der Waals surface area (Å²) in [5.41, 5.74) is 0. The van der Waals surface area contributed by atoms with Crippen molar-refractivity contribution in [2.45, 2.75) is 25.9 Å². The van der Waals surface area contributed by atoms with E-state index in [4.69, 9.17) is 0 Å². The van der Waals surface area contributed by atoms with Gasteiger partial charge in [-0.3, -0.25) is 0 Å². The fraction of sp³-hybridized carbons (Fsp3) is 1.00. The van der Waals surface area contributed by atoms with Crippen LogP contribution in [0.25, 0.3) is 0 Å². The van der Waals surface area contributed by atoms with E-state index < -0.39 is 0 Å². The monoisotopic (exact) mass is 474 g/mol. The Hall–Kier alpha value is 3.50. The lowest BCUT2D eigenvalue weighted by molar-refractivity contribution is 1.03. The fourth-order valence-corrected chi connectivity index (χ4v) is 14.1. The molecule has 0 aromatic carbocycles. The molecule has 1 aliphatic rings. The molecule has 0 aromatic rings. The second kappa shape index (κ2) is 15.7. The molecule has 0 N–H and O–H groups in total. The smallest absolute Gasteiger partial charge is 0.0964 e. The van der Waals surface area contributed by atoms with Crippen LogP contribution in [0.1, 0.15) is 12.8 Å². The van der Waals surface area contributed by atoms with Gasteiger partial charge in [-0.25, -0.2) is 0 Å². The molecular weight excluding hydrogens is 453 g/mol. The lowest BCUT2D eigenvalue weighted by Gasteiger charge is -2.23. The molecule has 126 valence electrons. The predicted molar refractivity (Wildman–Crippen MR) is 130 cm³/mol. The largest absolute Gasteiger partial charge is 0.168 e. The molecule has 0 nitrogen and oxygen atoms in total. The molecule has 21 heavy (non-hydrogen) atoms. The van der Waals surface area contributed by atoms with Crippen LogP contribution in [0.5, 0.6) is 0 Å². The van der Waals surface area contributed by atoms with E-state index in [0.717, 1.165) is 19.2 Å². The summed E-state index contributed by atoms with van der Waals surface area (Å²) < 4.78 is 1.99. The highest BCUT2D eigenvalue weighted by molar-refractivity contribution is 8.36. The zero-order chi connectivity index (χ0) is 15.3. The van der Waals surface area contributed by atoms with Crippen LogP contribution < -0.4 is 0 Å². The normalized spacial score (nSPS) is 18.3. The minimum Gasteiger partial charge on any atom is -0.168 e. The molecule has 0 spiro atoms. The molecule has 0 amide bonds. The molecule has 1 saturated heterocycles. The third-order valence-electron chi connectivity index (χ3n) is 2.42. The highest BCUT2D eigenvalue weighted by atomic mass is 32.3. The average molecular weight is 475 g/mol. The van der Waals surface area contributed by atoms with E-state index in [9.17, 15) is 0 Å². The summed E-state index contributed by atoms with van der Waals surface area (Å²) in [7, 11) is 0. The summed E-state index contributed by atoms with van der Waals surface area (Å²) in [6, 6.07) is 0. The summed E-state index contributed by atoms with van der Waals surface area (Å²) in [6.07, 6.45) is 2.58. The Labute approximate surface area is 176 Å². The van der Waals surface area contributed by atoms with Crippen molar-refractivity contribution in [3.63, 3.8) is 0 Å². The average Bonchev–Trinajstić information content (AvgIpc) is 2.49. The molecule has 1 heterocycles. The zero-order valence-corrected chi connectivity index (χ0v) is 20.0. The standard InChI is InChI=1S/C11H22S10/c12-5-17-9(18-6-13)4-10(19-7-14)20-8-21-11-15-2-1-3-16-11/h9-14H,1-8H2. The summed E-state index contributed by atoms with van der Waals surface area (Å²) in [4.78, 5) is 0. The lowest BCUT2D eigenvalue weighted by Crippen LogP contribution is -2.09. The van der Waals surface area contributed by atoms with Crippen LogP contribution in [0.15, 0.2) is 0 Å². The Morgan fingerprint density at radius 2 is 1.38 bits per heavy atom. The van der Waals surface area contributed by atoms with Crippen molar-refractivity contribution >= 4 is 120 Å². The van der Waals surface area contributed by atoms with Crippen molar-refractivity contribution in [3.8, 4) is 0 Å². The first kappa shape index (κ1) is 22.5. The first-order chi connectivity index (χ1) is 10.3. The Morgan fingerprint density at radius 1 is 0.857 bits per heavy atom. The van der Waals surface area contributed by atoms with Crippen molar-refractivity contribution < 1.29 is 0 Å². The number of hydrogen-bond donors (Lipinski definition) is 3. The molecule has 1 unspecified atom stereocenters. The van der Waals surface area contributed by atoms with Crippen LogP contribution in [0.2, 0.25) is 0 Å². The number of thioether (sulfide) groups is 7. The van der Waals surface area contributed by atoms with Gasteiger partial charge in [0.05, 0.1) is 13.1 Å². The van der Waals surface area contributed by atoms with Crippen LogP contribution >= 0.6 is 120 Å². The van der Waals surface area contributed by atoms with Gasteiger partial charge in [-0.15, -0.1) is 82.3 Å². The molecule has 1 rings (SSSR count). The molecule has 0 aromatic heterocycles. The fourth-order valence-electron chi connectivity index (χ4n) is 1.51. The molecular formula is C11H22S10. The lowest BCUT2D eigenvalue weighted by atomic mass is 10.5. The summed E-state index contributed by atoms with van der Waals surface area (Å²) >= 11 is 27.4. The topological polar surface area (TPSA) is 0 Å². The second-order valence-corrected chi connectivity index (χ2v) is 16.2. The van der Waals surface area contributed by atoms with Crippen molar-refractivity contribution in [1.29, 1.82) is 0 Å². The number of hydrogen-bond acceptors (Lipinski definition) is 10. The minimum absolute atomic E-state index is 0.605. The van der Waals surface area contributed by atoms with Crippen molar-refractivity contribution in [2.75, 3.05) is 31.8 Å². The summed E-state index contributed by atoms with van der Waals surface area (Å²) in [6.45, 7) is 0.